The smallest absolute Gasteiger partial charge is 0.259 e. The van der Waals surface area contributed by atoms with E-state index in [1.807, 2.05) is 15.4 Å². The Labute approximate surface area is 236 Å². The largest absolute Gasteiger partial charge is 0.369 e. The zero-order valence-corrected chi connectivity index (χ0v) is 23.9. The second-order valence-electron chi connectivity index (χ2n) is 11.5. The van der Waals surface area contributed by atoms with E-state index in [1.54, 1.807) is 17.2 Å². The molecule has 3 aromatic rings. The molecule has 2 aromatic heterocycles. The van der Waals surface area contributed by atoms with Crippen molar-refractivity contribution in [2.75, 3.05) is 31.1 Å². The van der Waals surface area contributed by atoms with Crippen molar-refractivity contribution in [3.05, 3.63) is 51.8 Å². The Morgan fingerprint density at radius 3 is 2.35 bits per heavy atom. The number of anilines is 1. The fourth-order valence-electron chi connectivity index (χ4n) is 6.08. The summed E-state index contributed by atoms with van der Waals surface area (Å²) < 4.78 is 19.2. The van der Waals surface area contributed by atoms with Crippen LogP contribution in [-0.4, -0.2) is 56.5 Å². The van der Waals surface area contributed by atoms with Gasteiger partial charge in [0.1, 0.15) is 17.1 Å². The third-order valence-corrected chi connectivity index (χ3v) is 8.38. The number of hydrogen-bond donors (Lipinski definition) is 0. The number of carbonyl (C=O) groups excluding carboxylic acids is 1. The second-order valence-corrected chi connectivity index (χ2v) is 11.5. The van der Waals surface area contributed by atoms with Gasteiger partial charge in [-0.25, -0.2) is 4.39 Å². The number of rotatable bonds is 11. The third kappa shape index (κ3) is 6.56. The predicted molar refractivity (Wildman–Crippen MR) is 156 cm³/mol. The van der Waals surface area contributed by atoms with E-state index < -0.39 is 11.2 Å². The average Bonchev–Trinajstić information content (AvgIpc) is 3.43. The molecule has 2 aliphatic rings. The first-order valence-electron chi connectivity index (χ1n) is 15.3. The highest BCUT2D eigenvalue weighted by molar-refractivity contribution is 5.98. The van der Waals surface area contributed by atoms with Gasteiger partial charge in [0, 0.05) is 44.3 Å². The molecule has 0 bridgehead atoms. The van der Waals surface area contributed by atoms with Crippen LogP contribution in [0.1, 0.15) is 100 Å². The lowest BCUT2D eigenvalue weighted by Crippen LogP contribution is -2.38. The van der Waals surface area contributed by atoms with E-state index in [2.05, 4.69) is 22.1 Å². The SMILES string of the molecule is CCCCCCCCn1cc(Cn2cc(C(=O)N3CCCCC3)c(=O)c3cc(F)c(N4CCCCC4)cc32)nn1. The minimum absolute atomic E-state index is 0.0963. The second kappa shape index (κ2) is 13.4. The fourth-order valence-corrected chi connectivity index (χ4v) is 6.08. The maximum atomic E-state index is 15.4. The summed E-state index contributed by atoms with van der Waals surface area (Å²) in [4.78, 5) is 30.9. The first-order valence-corrected chi connectivity index (χ1v) is 15.3. The minimum atomic E-state index is -0.412. The number of nitrogens with zero attached hydrogens (tertiary/aromatic N) is 6. The number of hydrogen-bond acceptors (Lipinski definition) is 5. The number of fused-ring (bicyclic) bond motifs is 1. The number of aryl methyl sites for hydroxylation is 1. The van der Waals surface area contributed by atoms with Gasteiger partial charge in [0.15, 0.2) is 0 Å². The number of unbranched alkanes of at least 4 members (excludes halogenated alkanes) is 5. The molecule has 0 radical (unpaired) electrons. The average molecular weight is 551 g/mol. The molecular weight excluding hydrogens is 507 g/mol. The van der Waals surface area contributed by atoms with Gasteiger partial charge < -0.3 is 14.4 Å². The highest BCUT2D eigenvalue weighted by Crippen LogP contribution is 2.28. The van der Waals surface area contributed by atoms with Crippen LogP contribution in [0.5, 0.6) is 0 Å². The molecule has 1 aromatic carbocycles. The van der Waals surface area contributed by atoms with Gasteiger partial charge in [0.2, 0.25) is 5.43 Å². The minimum Gasteiger partial charge on any atom is -0.369 e. The molecule has 0 unspecified atom stereocenters. The molecule has 8 nitrogen and oxygen atoms in total. The van der Waals surface area contributed by atoms with Crippen LogP contribution in [0.2, 0.25) is 0 Å². The van der Waals surface area contributed by atoms with Crippen molar-refractivity contribution in [2.45, 2.75) is 97.1 Å². The molecule has 9 heteroatoms. The first-order chi connectivity index (χ1) is 19.5. The highest BCUT2D eigenvalue weighted by Gasteiger charge is 2.25. The van der Waals surface area contributed by atoms with Crippen molar-refractivity contribution in [2.24, 2.45) is 0 Å². The van der Waals surface area contributed by atoms with Gasteiger partial charge in [-0.1, -0.05) is 44.2 Å². The van der Waals surface area contributed by atoms with Gasteiger partial charge in [0.05, 0.1) is 23.9 Å². The van der Waals surface area contributed by atoms with Crippen LogP contribution in [0, 0.1) is 5.82 Å². The van der Waals surface area contributed by atoms with Crippen molar-refractivity contribution in [1.29, 1.82) is 0 Å². The van der Waals surface area contributed by atoms with Crippen LogP contribution >= 0.6 is 0 Å². The number of carbonyl (C=O) groups is 1. The maximum Gasteiger partial charge on any atom is 0.259 e. The molecule has 0 aliphatic carbocycles. The van der Waals surface area contributed by atoms with E-state index in [9.17, 15) is 9.59 Å². The number of likely N-dealkylation sites (tertiary alicyclic amines) is 1. The number of piperidine rings is 2. The summed E-state index contributed by atoms with van der Waals surface area (Å²) >= 11 is 0. The van der Waals surface area contributed by atoms with E-state index in [0.717, 1.165) is 70.3 Å². The standard InChI is InChI=1S/C31H43FN6O2/c1-2-3-4-5-6-13-18-38-22-24(33-34-38)21-37-23-26(31(40)36-16-11-8-12-17-36)30(39)25-19-27(32)29(20-28(25)37)35-14-9-7-10-15-35/h19-20,22-23H,2-18,21H2,1H3. The molecule has 2 fully saturated rings. The summed E-state index contributed by atoms with van der Waals surface area (Å²) in [5, 5.41) is 8.96. The quantitative estimate of drug-likeness (QED) is 0.284. The maximum absolute atomic E-state index is 15.4. The van der Waals surface area contributed by atoms with Gasteiger partial charge in [-0.2, -0.15) is 0 Å². The Balaban J connectivity index is 1.45. The zero-order valence-electron chi connectivity index (χ0n) is 23.9. The Morgan fingerprint density at radius 1 is 0.900 bits per heavy atom. The summed E-state index contributed by atoms with van der Waals surface area (Å²) in [6.45, 7) is 6.26. The lowest BCUT2D eigenvalue weighted by atomic mass is 10.1. The highest BCUT2D eigenvalue weighted by atomic mass is 19.1. The Hall–Kier alpha value is -3.23. The lowest BCUT2D eigenvalue weighted by Gasteiger charge is -2.30. The van der Waals surface area contributed by atoms with Gasteiger partial charge in [-0.05, 0) is 57.1 Å². The van der Waals surface area contributed by atoms with Crippen LogP contribution < -0.4 is 10.3 Å². The lowest BCUT2D eigenvalue weighted by molar-refractivity contribution is 0.0722. The summed E-state index contributed by atoms with van der Waals surface area (Å²) in [5.74, 6) is -0.682. The van der Waals surface area contributed by atoms with Crippen molar-refractivity contribution < 1.29 is 9.18 Å². The van der Waals surface area contributed by atoms with Gasteiger partial charge in [-0.3, -0.25) is 14.3 Å². The Bertz CT molecular complexity index is 1350. The topological polar surface area (TPSA) is 76.3 Å². The molecule has 0 N–H and O–H groups in total. The fraction of sp³-hybridized carbons (Fsp3) is 0.613. The van der Waals surface area contributed by atoms with Gasteiger partial charge in [0.25, 0.3) is 5.91 Å². The molecule has 5 rings (SSSR count). The van der Waals surface area contributed by atoms with Crippen LogP contribution in [0.3, 0.4) is 0 Å². The number of pyridine rings is 1. The zero-order chi connectivity index (χ0) is 27.9. The molecule has 0 spiro atoms. The van der Waals surface area contributed by atoms with Crippen molar-refractivity contribution in [3.8, 4) is 0 Å². The Morgan fingerprint density at radius 2 is 1.60 bits per heavy atom. The summed E-state index contributed by atoms with van der Waals surface area (Å²) in [6, 6.07) is 3.12. The van der Waals surface area contributed by atoms with E-state index in [4.69, 9.17) is 0 Å². The van der Waals surface area contributed by atoms with Crippen molar-refractivity contribution in [1.82, 2.24) is 24.5 Å². The third-order valence-electron chi connectivity index (χ3n) is 8.38. The molecule has 40 heavy (non-hydrogen) atoms. The number of aromatic nitrogens is 4. The van der Waals surface area contributed by atoms with E-state index in [1.165, 1.54) is 38.2 Å². The molecule has 2 aliphatic heterocycles. The number of amides is 1. The van der Waals surface area contributed by atoms with Crippen molar-refractivity contribution >= 4 is 22.5 Å². The molecule has 2 saturated heterocycles. The van der Waals surface area contributed by atoms with Crippen LogP contribution in [-0.2, 0) is 13.1 Å². The van der Waals surface area contributed by atoms with Crippen LogP contribution in [0.4, 0.5) is 10.1 Å². The summed E-state index contributed by atoms with van der Waals surface area (Å²) in [6.07, 6.45) is 17.0. The molecule has 0 saturated carbocycles. The number of benzene rings is 1. The van der Waals surface area contributed by atoms with Crippen LogP contribution in [0.15, 0.2) is 29.3 Å². The van der Waals surface area contributed by atoms with Crippen LogP contribution in [0.25, 0.3) is 10.9 Å². The summed E-state index contributed by atoms with van der Waals surface area (Å²) in [5.41, 5.74) is 1.57. The van der Waals surface area contributed by atoms with E-state index in [0.29, 0.717) is 30.8 Å². The molecular formula is C31H43FN6O2. The normalized spacial score (nSPS) is 16.1. The van der Waals surface area contributed by atoms with Gasteiger partial charge in [-0.15, -0.1) is 5.10 Å². The predicted octanol–water partition coefficient (Wildman–Crippen LogP) is 5.76. The molecule has 1 amide bonds. The van der Waals surface area contributed by atoms with Gasteiger partial charge >= 0.3 is 0 Å². The summed E-state index contributed by atoms with van der Waals surface area (Å²) in [7, 11) is 0. The molecule has 4 heterocycles. The molecule has 0 atom stereocenters. The van der Waals surface area contributed by atoms with E-state index >= 15 is 4.39 Å². The monoisotopic (exact) mass is 550 g/mol. The number of halogens is 1. The van der Waals surface area contributed by atoms with Crippen molar-refractivity contribution in [3.63, 3.8) is 0 Å². The molecule has 216 valence electrons. The van der Waals surface area contributed by atoms with E-state index in [-0.39, 0.29) is 16.9 Å². The Kier molecular flexibility index (Phi) is 9.49. The first kappa shape index (κ1) is 28.3.